The van der Waals surface area contributed by atoms with E-state index in [0.717, 1.165) is 27.9 Å². The Bertz CT molecular complexity index is 1180. The molecule has 6 heteroatoms. The van der Waals surface area contributed by atoms with Crippen LogP contribution in [0.5, 0.6) is 5.75 Å². The molecular formula is C23H16ClN3OS. The highest BCUT2D eigenvalue weighted by molar-refractivity contribution is 8.03. The van der Waals surface area contributed by atoms with Crippen molar-refractivity contribution in [2.75, 3.05) is 0 Å². The van der Waals surface area contributed by atoms with E-state index in [4.69, 9.17) is 16.3 Å². The first-order valence-electron chi connectivity index (χ1n) is 8.91. The van der Waals surface area contributed by atoms with Crippen molar-refractivity contribution < 1.29 is 4.74 Å². The van der Waals surface area contributed by atoms with Crippen molar-refractivity contribution in [2.45, 2.75) is 11.8 Å². The lowest BCUT2D eigenvalue weighted by Crippen LogP contribution is -1.95. The first-order chi connectivity index (χ1) is 14.2. The number of allylic oxidation sites excluding steroid dienone is 1. The molecule has 0 bridgehead atoms. The standard InChI is InChI=1S/C23H16ClN3OS/c24-18-10-8-16(9-11-18)15-28-19-5-3-4-17(12-19)13-20(14-25)29-23-26-21-6-1-2-7-22(21)27-23/h1-13H,15H2,(H,26,27)/b20-13+. The maximum Gasteiger partial charge on any atom is 0.171 e. The summed E-state index contributed by atoms with van der Waals surface area (Å²) in [5.41, 5.74) is 3.75. The van der Waals surface area contributed by atoms with Crippen molar-refractivity contribution in [3.05, 3.63) is 93.9 Å². The van der Waals surface area contributed by atoms with Gasteiger partial charge in [0.1, 0.15) is 18.4 Å². The lowest BCUT2D eigenvalue weighted by Gasteiger charge is -2.07. The smallest absolute Gasteiger partial charge is 0.171 e. The average Bonchev–Trinajstić information content (AvgIpc) is 3.15. The van der Waals surface area contributed by atoms with Crippen LogP contribution in [-0.2, 0) is 6.61 Å². The maximum atomic E-state index is 9.54. The fraction of sp³-hybridized carbons (Fsp3) is 0.0435. The number of para-hydroxylation sites is 2. The molecule has 0 unspecified atom stereocenters. The molecule has 4 rings (SSSR count). The van der Waals surface area contributed by atoms with Gasteiger partial charge in [-0.25, -0.2) is 4.98 Å². The number of nitrogens with one attached hydrogen (secondary N) is 1. The van der Waals surface area contributed by atoms with Gasteiger partial charge in [0.15, 0.2) is 5.16 Å². The van der Waals surface area contributed by atoms with Gasteiger partial charge in [-0.15, -0.1) is 0 Å². The predicted molar refractivity (Wildman–Crippen MR) is 118 cm³/mol. The van der Waals surface area contributed by atoms with Crippen molar-refractivity contribution in [2.24, 2.45) is 0 Å². The first-order valence-corrected chi connectivity index (χ1v) is 10.1. The molecule has 0 fully saturated rings. The molecule has 4 aromatic rings. The number of ether oxygens (including phenoxy) is 1. The number of nitriles is 1. The van der Waals surface area contributed by atoms with Gasteiger partial charge in [0.2, 0.25) is 0 Å². The summed E-state index contributed by atoms with van der Waals surface area (Å²) in [6, 6.07) is 25.2. The zero-order chi connectivity index (χ0) is 20.1. The number of nitrogens with zero attached hydrogens (tertiary/aromatic N) is 2. The molecule has 142 valence electrons. The van der Waals surface area contributed by atoms with Crippen molar-refractivity contribution in [1.29, 1.82) is 5.26 Å². The molecule has 0 aliphatic heterocycles. The predicted octanol–water partition coefficient (Wildman–Crippen LogP) is 6.45. The van der Waals surface area contributed by atoms with Gasteiger partial charge in [-0.3, -0.25) is 0 Å². The number of halogens is 1. The minimum atomic E-state index is 0.448. The number of rotatable bonds is 6. The van der Waals surface area contributed by atoms with Gasteiger partial charge in [-0.2, -0.15) is 5.26 Å². The highest BCUT2D eigenvalue weighted by atomic mass is 35.5. The summed E-state index contributed by atoms with van der Waals surface area (Å²) in [6.07, 6.45) is 1.83. The van der Waals surface area contributed by atoms with Crippen LogP contribution in [0.15, 0.2) is 82.9 Å². The second-order valence-corrected chi connectivity index (χ2v) is 7.74. The van der Waals surface area contributed by atoms with Gasteiger partial charge in [-0.05, 0) is 65.4 Å². The Hall–Kier alpha value is -3.20. The zero-order valence-electron chi connectivity index (χ0n) is 15.3. The van der Waals surface area contributed by atoms with E-state index in [0.29, 0.717) is 21.7 Å². The van der Waals surface area contributed by atoms with Gasteiger partial charge in [0.25, 0.3) is 0 Å². The van der Waals surface area contributed by atoms with E-state index < -0.39 is 0 Å². The van der Waals surface area contributed by atoms with Crippen molar-refractivity contribution in [3.8, 4) is 11.8 Å². The molecule has 0 atom stereocenters. The van der Waals surface area contributed by atoms with Gasteiger partial charge in [0, 0.05) is 5.02 Å². The average molecular weight is 418 g/mol. The normalized spacial score (nSPS) is 11.4. The molecule has 1 heterocycles. The molecule has 0 spiro atoms. The summed E-state index contributed by atoms with van der Waals surface area (Å²) in [7, 11) is 0. The van der Waals surface area contributed by atoms with Crippen LogP contribution in [-0.4, -0.2) is 9.97 Å². The molecule has 0 amide bonds. The molecule has 0 saturated carbocycles. The van der Waals surface area contributed by atoms with Crippen LogP contribution in [0.1, 0.15) is 11.1 Å². The summed E-state index contributed by atoms with van der Waals surface area (Å²) >= 11 is 7.22. The summed E-state index contributed by atoms with van der Waals surface area (Å²) < 4.78 is 5.87. The van der Waals surface area contributed by atoms with Crippen LogP contribution in [0.4, 0.5) is 0 Å². The molecule has 0 radical (unpaired) electrons. The molecule has 0 aliphatic carbocycles. The van der Waals surface area contributed by atoms with E-state index in [1.54, 1.807) is 0 Å². The quantitative estimate of drug-likeness (QED) is 0.289. The molecule has 4 nitrogen and oxygen atoms in total. The van der Waals surface area contributed by atoms with Crippen LogP contribution < -0.4 is 4.74 Å². The van der Waals surface area contributed by atoms with Crippen molar-refractivity contribution >= 4 is 40.5 Å². The van der Waals surface area contributed by atoms with Crippen LogP contribution in [0, 0.1) is 11.3 Å². The van der Waals surface area contributed by atoms with E-state index in [2.05, 4.69) is 16.0 Å². The number of benzene rings is 3. The summed E-state index contributed by atoms with van der Waals surface area (Å²) in [4.78, 5) is 8.28. The van der Waals surface area contributed by atoms with E-state index in [1.165, 1.54) is 11.8 Å². The number of aromatic nitrogens is 2. The Morgan fingerprint density at radius 3 is 2.72 bits per heavy atom. The third-order valence-corrected chi connectivity index (χ3v) is 5.23. The number of thioether (sulfide) groups is 1. The molecule has 1 N–H and O–H groups in total. The summed E-state index contributed by atoms with van der Waals surface area (Å²) in [6.45, 7) is 0.448. The molecular weight excluding hydrogens is 402 g/mol. The second kappa shape index (κ2) is 8.87. The lowest BCUT2D eigenvalue weighted by atomic mass is 10.2. The number of imidazole rings is 1. The minimum Gasteiger partial charge on any atom is -0.489 e. The fourth-order valence-corrected chi connectivity index (χ4v) is 3.64. The zero-order valence-corrected chi connectivity index (χ0v) is 16.9. The number of fused-ring (bicyclic) bond motifs is 1. The van der Waals surface area contributed by atoms with Crippen LogP contribution in [0.2, 0.25) is 5.02 Å². The van der Waals surface area contributed by atoms with E-state index in [1.807, 2.05) is 78.9 Å². The Labute approximate surface area is 177 Å². The van der Waals surface area contributed by atoms with Crippen LogP contribution >= 0.6 is 23.4 Å². The van der Waals surface area contributed by atoms with Gasteiger partial charge in [-0.1, -0.05) is 48.0 Å². The lowest BCUT2D eigenvalue weighted by molar-refractivity contribution is 0.306. The third kappa shape index (κ3) is 5.00. The first kappa shape index (κ1) is 19.1. The minimum absolute atomic E-state index is 0.448. The fourth-order valence-electron chi connectivity index (χ4n) is 2.76. The van der Waals surface area contributed by atoms with Crippen molar-refractivity contribution in [1.82, 2.24) is 9.97 Å². The van der Waals surface area contributed by atoms with E-state index in [9.17, 15) is 5.26 Å². The Balaban J connectivity index is 1.47. The van der Waals surface area contributed by atoms with Crippen molar-refractivity contribution in [3.63, 3.8) is 0 Å². The van der Waals surface area contributed by atoms with E-state index in [-0.39, 0.29) is 0 Å². The van der Waals surface area contributed by atoms with E-state index >= 15 is 0 Å². The van der Waals surface area contributed by atoms with Crippen LogP contribution in [0.25, 0.3) is 17.1 Å². The topological polar surface area (TPSA) is 61.7 Å². The van der Waals surface area contributed by atoms with Gasteiger partial charge in [0.05, 0.1) is 15.9 Å². The molecule has 3 aromatic carbocycles. The highest BCUT2D eigenvalue weighted by Crippen LogP contribution is 2.28. The van der Waals surface area contributed by atoms with Gasteiger partial charge >= 0.3 is 0 Å². The summed E-state index contributed by atoms with van der Waals surface area (Å²) in [5.74, 6) is 0.736. The Morgan fingerprint density at radius 1 is 1.10 bits per heavy atom. The van der Waals surface area contributed by atoms with Gasteiger partial charge < -0.3 is 9.72 Å². The molecule has 29 heavy (non-hydrogen) atoms. The Morgan fingerprint density at radius 2 is 1.93 bits per heavy atom. The number of hydrogen-bond acceptors (Lipinski definition) is 4. The third-order valence-electron chi connectivity index (χ3n) is 4.16. The molecule has 1 aromatic heterocycles. The monoisotopic (exact) mass is 417 g/mol. The largest absolute Gasteiger partial charge is 0.489 e. The maximum absolute atomic E-state index is 9.54. The Kier molecular flexibility index (Phi) is 5.85. The number of H-pyrrole nitrogens is 1. The summed E-state index contributed by atoms with van der Waals surface area (Å²) in [5, 5.41) is 10.9. The highest BCUT2D eigenvalue weighted by Gasteiger charge is 2.07. The number of aromatic amines is 1. The van der Waals surface area contributed by atoms with Crippen LogP contribution in [0.3, 0.4) is 0 Å². The number of hydrogen-bond donors (Lipinski definition) is 1. The SMILES string of the molecule is N#C/C(=C\c1cccc(OCc2ccc(Cl)cc2)c1)Sc1nc2ccccc2[nH]1. The molecule has 0 aliphatic rings. The molecule has 0 saturated heterocycles. The second-order valence-electron chi connectivity index (χ2n) is 6.27.